The lowest BCUT2D eigenvalue weighted by molar-refractivity contribution is 0.227. The molecule has 184 valence electrons. The minimum absolute atomic E-state index is 0.266. The van der Waals surface area contributed by atoms with Crippen molar-refractivity contribution in [2.45, 2.75) is 32.9 Å². The van der Waals surface area contributed by atoms with Crippen LogP contribution in [0.5, 0.6) is 5.75 Å². The van der Waals surface area contributed by atoms with Gasteiger partial charge in [0.1, 0.15) is 17.6 Å². The smallest absolute Gasteiger partial charge is 0.166 e. The average Bonchev–Trinajstić information content (AvgIpc) is 3.41. The molecular weight excluding hydrogens is 523 g/mol. The van der Waals surface area contributed by atoms with Crippen LogP contribution in [0.1, 0.15) is 36.6 Å². The molecule has 9 heteroatoms. The van der Waals surface area contributed by atoms with Crippen LogP contribution in [0.25, 0.3) is 22.3 Å². The Morgan fingerprint density at radius 1 is 1.14 bits per heavy atom. The molecule has 0 fully saturated rings. The van der Waals surface area contributed by atoms with E-state index < -0.39 is 6.10 Å². The van der Waals surface area contributed by atoms with Gasteiger partial charge in [-0.25, -0.2) is 14.4 Å². The number of ether oxygens (including phenoxy) is 1. The number of nitrogens with zero attached hydrogens (tertiary/aromatic N) is 5. The SMILES string of the molecule is CCn1cc(Cc2cn(C)nc2-c2ccc(F)cc2[C@@H](C)Oc2cc(Br)cnc2N)c2cccnc21. The molecule has 2 N–H and O–H groups in total. The molecule has 1 aromatic carbocycles. The molecule has 7 nitrogen and oxygen atoms in total. The first-order chi connectivity index (χ1) is 17.3. The molecule has 36 heavy (non-hydrogen) atoms. The summed E-state index contributed by atoms with van der Waals surface area (Å²) >= 11 is 3.40. The fourth-order valence-electron chi connectivity index (χ4n) is 4.54. The van der Waals surface area contributed by atoms with Crippen LogP contribution in [0.4, 0.5) is 10.2 Å². The highest BCUT2D eigenvalue weighted by Gasteiger charge is 2.21. The van der Waals surface area contributed by atoms with Gasteiger partial charge in [-0.1, -0.05) is 0 Å². The molecule has 0 amide bonds. The number of hydrogen-bond donors (Lipinski definition) is 1. The van der Waals surface area contributed by atoms with Crippen molar-refractivity contribution in [1.29, 1.82) is 0 Å². The quantitative estimate of drug-likeness (QED) is 0.267. The molecule has 0 aliphatic carbocycles. The van der Waals surface area contributed by atoms with E-state index >= 15 is 0 Å². The summed E-state index contributed by atoms with van der Waals surface area (Å²) in [5.74, 6) is 0.342. The summed E-state index contributed by atoms with van der Waals surface area (Å²) in [6.45, 7) is 4.80. The molecule has 0 aliphatic rings. The van der Waals surface area contributed by atoms with Gasteiger partial charge < -0.3 is 15.0 Å². The van der Waals surface area contributed by atoms with Crippen LogP contribution < -0.4 is 10.5 Å². The number of aromatic nitrogens is 5. The highest BCUT2D eigenvalue weighted by molar-refractivity contribution is 9.10. The van der Waals surface area contributed by atoms with Gasteiger partial charge in [-0.3, -0.25) is 4.68 Å². The third-order valence-corrected chi connectivity index (χ3v) is 6.64. The summed E-state index contributed by atoms with van der Waals surface area (Å²) in [6, 6.07) is 10.5. The van der Waals surface area contributed by atoms with Crippen LogP contribution in [-0.4, -0.2) is 24.3 Å². The maximum Gasteiger partial charge on any atom is 0.166 e. The average molecular weight is 549 g/mol. The second-order valence-corrected chi connectivity index (χ2v) is 9.61. The Kier molecular flexibility index (Phi) is 6.49. The number of rotatable bonds is 7. The Morgan fingerprint density at radius 3 is 2.78 bits per heavy atom. The van der Waals surface area contributed by atoms with Crippen molar-refractivity contribution in [1.82, 2.24) is 24.3 Å². The predicted molar refractivity (Wildman–Crippen MR) is 142 cm³/mol. The van der Waals surface area contributed by atoms with Gasteiger partial charge in [0, 0.05) is 71.3 Å². The van der Waals surface area contributed by atoms with E-state index in [0.29, 0.717) is 17.7 Å². The van der Waals surface area contributed by atoms with E-state index in [-0.39, 0.29) is 11.6 Å². The maximum absolute atomic E-state index is 14.4. The van der Waals surface area contributed by atoms with Crippen LogP contribution in [0.2, 0.25) is 0 Å². The fourth-order valence-corrected chi connectivity index (χ4v) is 4.85. The zero-order valence-corrected chi connectivity index (χ0v) is 21.8. The lowest BCUT2D eigenvalue weighted by Crippen LogP contribution is -2.08. The molecule has 0 saturated heterocycles. The number of benzene rings is 1. The van der Waals surface area contributed by atoms with Gasteiger partial charge in [-0.05, 0) is 71.7 Å². The summed E-state index contributed by atoms with van der Waals surface area (Å²) in [6.07, 6.45) is 7.73. The molecule has 5 aromatic rings. The second kappa shape index (κ2) is 9.73. The first-order valence-electron chi connectivity index (χ1n) is 11.7. The zero-order valence-electron chi connectivity index (χ0n) is 20.2. The van der Waals surface area contributed by atoms with Gasteiger partial charge in [0.15, 0.2) is 11.6 Å². The summed E-state index contributed by atoms with van der Waals surface area (Å²) < 4.78 is 25.3. The molecule has 0 radical (unpaired) electrons. The van der Waals surface area contributed by atoms with Crippen molar-refractivity contribution in [2.75, 3.05) is 5.73 Å². The second-order valence-electron chi connectivity index (χ2n) is 8.70. The van der Waals surface area contributed by atoms with Crippen LogP contribution in [0.15, 0.2) is 65.7 Å². The first kappa shape index (κ1) is 24.0. The predicted octanol–water partition coefficient (Wildman–Crippen LogP) is 6.07. The summed E-state index contributed by atoms with van der Waals surface area (Å²) in [5.41, 5.74) is 11.4. The third kappa shape index (κ3) is 4.58. The Bertz CT molecular complexity index is 1560. The van der Waals surface area contributed by atoms with Crippen molar-refractivity contribution in [3.8, 4) is 17.0 Å². The Hall–Kier alpha value is -3.72. The molecular formula is C27H26BrFN6O. The fraction of sp³-hybridized carbons (Fsp3) is 0.222. The van der Waals surface area contributed by atoms with Gasteiger partial charge in [0.25, 0.3) is 0 Å². The number of nitrogens with two attached hydrogens (primary N) is 1. The van der Waals surface area contributed by atoms with Crippen LogP contribution in [0, 0.1) is 5.82 Å². The Balaban J connectivity index is 1.56. The van der Waals surface area contributed by atoms with E-state index in [1.165, 1.54) is 12.1 Å². The summed E-state index contributed by atoms with van der Waals surface area (Å²) in [7, 11) is 1.89. The van der Waals surface area contributed by atoms with E-state index in [1.807, 2.05) is 32.4 Å². The number of anilines is 1. The molecule has 4 heterocycles. The first-order valence-corrected chi connectivity index (χ1v) is 12.5. The van der Waals surface area contributed by atoms with Gasteiger partial charge in [-0.2, -0.15) is 5.10 Å². The number of halogens is 2. The van der Waals surface area contributed by atoms with E-state index in [9.17, 15) is 4.39 Å². The molecule has 0 aliphatic heterocycles. The van der Waals surface area contributed by atoms with E-state index in [0.717, 1.165) is 44.4 Å². The number of fused-ring (bicyclic) bond motifs is 1. The van der Waals surface area contributed by atoms with Crippen LogP contribution >= 0.6 is 15.9 Å². The monoisotopic (exact) mass is 548 g/mol. The highest BCUT2D eigenvalue weighted by atomic mass is 79.9. The lowest BCUT2D eigenvalue weighted by Gasteiger charge is -2.19. The van der Waals surface area contributed by atoms with E-state index in [4.69, 9.17) is 15.6 Å². The van der Waals surface area contributed by atoms with Crippen LogP contribution in [-0.2, 0) is 20.0 Å². The van der Waals surface area contributed by atoms with Crippen molar-refractivity contribution in [3.63, 3.8) is 0 Å². The Morgan fingerprint density at radius 2 is 1.97 bits per heavy atom. The van der Waals surface area contributed by atoms with Crippen molar-refractivity contribution in [3.05, 3.63) is 88.2 Å². The minimum atomic E-state index is -0.504. The molecule has 5 rings (SSSR count). The molecule has 0 bridgehead atoms. The summed E-state index contributed by atoms with van der Waals surface area (Å²) in [5, 5.41) is 5.88. The molecule has 4 aromatic heterocycles. The Labute approximate surface area is 216 Å². The normalized spacial score (nSPS) is 12.2. The summed E-state index contributed by atoms with van der Waals surface area (Å²) in [4.78, 5) is 8.70. The highest BCUT2D eigenvalue weighted by Crippen LogP contribution is 2.36. The standard InChI is InChI=1S/C27H26BrFN6O/c1-4-35-15-17(21-6-5-9-31-27(21)35)10-18-14-34(3)33-25(18)22-8-7-20(29)12-23(22)16(2)36-24-11-19(28)13-32-26(24)30/h5-9,11-16H,4,10H2,1-3H3,(H2,30,32)/t16-/m1/s1. The number of aryl methyl sites for hydroxylation is 2. The van der Waals surface area contributed by atoms with Gasteiger partial charge in [-0.15, -0.1) is 0 Å². The van der Waals surface area contributed by atoms with Crippen molar-refractivity contribution in [2.24, 2.45) is 7.05 Å². The number of nitrogen functional groups attached to an aromatic ring is 1. The van der Waals surface area contributed by atoms with Crippen molar-refractivity contribution < 1.29 is 9.13 Å². The molecule has 0 unspecified atom stereocenters. The van der Waals surface area contributed by atoms with Crippen molar-refractivity contribution >= 4 is 32.8 Å². The maximum atomic E-state index is 14.4. The van der Waals surface area contributed by atoms with Gasteiger partial charge in [0.2, 0.25) is 0 Å². The van der Waals surface area contributed by atoms with Gasteiger partial charge >= 0.3 is 0 Å². The number of hydrogen-bond acceptors (Lipinski definition) is 5. The number of pyridine rings is 2. The molecule has 1 atom stereocenters. The topological polar surface area (TPSA) is 83.8 Å². The van der Waals surface area contributed by atoms with Gasteiger partial charge in [0.05, 0.1) is 5.69 Å². The molecule has 0 saturated carbocycles. The lowest BCUT2D eigenvalue weighted by atomic mass is 9.96. The van der Waals surface area contributed by atoms with E-state index in [1.54, 1.807) is 23.0 Å². The largest absolute Gasteiger partial charge is 0.482 e. The third-order valence-electron chi connectivity index (χ3n) is 6.20. The van der Waals surface area contributed by atoms with E-state index in [2.05, 4.69) is 49.7 Å². The zero-order chi connectivity index (χ0) is 25.4. The minimum Gasteiger partial charge on any atom is -0.482 e. The molecule has 0 spiro atoms. The van der Waals surface area contributed by atoms with Crippen LogP contribution in [0.3, 0.4) is 0 Å².